The van der Waals surface area contributed by atoms with Gasteiger partial charge in [0.1, 0.15) is 11.9 Å². The molecule has 3 nitrogen and oxygen atoms in total. The first kappa shape index (κ1) is 14.8. The van der Waals surface area contributed by atoms with Crippen molar-refractivity contribution in [1.29, 1.82) is 5.26 Å². The highest BCUT2D eigenvalue weighted by atomic mass is 127. The highest BCUT2D eigenvalue weighted by Gasteiger charge is 2.10. The lowest BCUT2D eigenvalue weighted by Crippen LogP contribution is -2.12. The maximum absolute atomic E-state index is 13.2. The van der Waals surface area contributed by atoms with Crippen molar-refractivity contribution >= 4 is 45.8 Å². The number of hydrogen-bond acceptors (Lipinski definition) is 2. The van der Waals surface area contributed by atoms with Gasteiger partial charge in [-0.25, -0.2) is 4.39 Å². The van der Waals surface area contributed by atoms with E-state index in [1.165, 1.54) is 12.1 Å². The first-order chi connectivity index (χ1) is 9.51. The van der Waals surface area contributed by atoms with Gasteiger partial charge >= 0.3 is 0 Å². The van der Waals surface area contributed by atoms with Gasteiger partial charge in [0.25, 0.3) is 5.91 Å². The van der Waals surface area contributed by atoms with E-state index >= 15 is 0 Å². The van der Waals surface area contributed by atoms with Gasteiger partial charge in [-0.2, -0.15) is 5.26 Å². The Balaban J connectivity index is 2.23. The number of nitrogens with zero attached hydrogens (tertiary/aromatic N) is 1. The maximum Gasteiger partial charge on any atom is 0.255 e. The van der Waals surface area contributed by atoms with E-state index in [0.717, 1.165) is 9.64 Å². The number of carbonyl (C=O) groups excluding carboxylic acids is 1. The number of rotatable bonds is 2. The van der Waals surface area contributed by atoms with E-state index in [-0.39, 0.29) is 11.5 Å². The Morgan fingerprint density at radius 3 is 2.70 bits per heavy atom. The third kappa shape index (κ3) is 3.26. The summed E-state index contributed by atoms with van der Waals surface area (Å²) >= 11 is 8.01. The van der Waals surface area contributed by atoms with Crippen molar-refractivity contribution in [2.45, 2.75) is 0 Å². The minimum Gasteiger partial charge on any atom is -0.322 e. The van der Waals surface area contributed by atoms with Crippen molar-refractivity contribution in [2.24, 2.45) is 0 Å². The first-order valence-electron chi connectivity index (χ1n) is 5.47. The number of halogens is 3. The molecule has 0 bridgehead atoms. The van der Waals surface area contributed by atoms with E-state index in [2.05, 4.69) is 27.9 Å². The molecule has 1 amide bonds. The van der Waals surface area contributed by atoms with E-state index in [1.54, 1.807) is 24.3 Å². The fourth-order valence-electron chi connectivity index (χ4n) is 1.53. The van der Waals surface area contributed by atoms with Gasteiger partial charge in [0.2, 0.25) is 0 Å². The molecule has 1 N–H and O–H groups in total. The van der Waals surface area contributed by atoms with Crippen molar-refractivity contribution in [3.63, 3.8) is 0 Å². The van der Waals surface area contributed by atoms with E-state index in [9.17, 15) is 9.18 Å². The zero-order valence-electron chi connectivity index (χ0n) is 9.95. The normalized spacial score (nSPS) is 9.90. The molecule has 0 saturated heterocycles. The van der Waals surface area contributed by atoms with Crippen LogP contribution >= 0.6 is 34.2 Å². The summed E-state index contributed by atoms with van der Waals surface area (Å²) in [5.74, 6) is -0.999. The van der Waals surface area contributed by atoms with Crippen LogP contribution in [0.1, 0.15) is 15.9 Å². The number of hydrogen-bond donors (Lipinski definition) is 1. The summed E-state index contributed by atoms with van der Waals surface area (Å²) in [6.07, 6.45) is 0. The number of nitrogens with one attached hydrogen (secondary N) is 1. The Kier molecular flexibility index (Phi) is 4.57. The van der Waals surface area contributed by atoms with Gasteiger partial charge in [-0.3, -0.25) is 4.79 Å². The monoisotopic (exact) mass is 400 g/mol. The van der Waals surface area contributed by atoms with Crippen LogP contribution < -0.4 is 5.32 Å². The van der Waals surface area contributed by atoms with Gasteiger partial charge in [-0.15, -0.1) is 0 Å². The summed E-state index contributed by atoms with van der Waals surface area (Å²) in [6.45, 7) is 0. The highest BCUT2D eigenvalue weighted by molar-refractivity contribution is 14.1. The smallest absolute Gasteiger partial charge is 0.255 e. The van der Waals surface area contributed by atoms with Crippen molar-refractivity contribution in [2.75, 3.05) is 5.32 Å². The second-order valence-electron chi connectivity index (χ2n) is 3.89. The van der Waals surface area contributed by atoms with Crippen LogP contribution in [0.2, 0.25) is 5.02 Å². The molecule has 2 rings (SSSR count). The molecule has 0 aliphatic heterocycles. The molecule has 0 aromatic heterocycles. The molecule has 2 aromatic rings. The molecule has 0 unspecified atom stereocenters. The molecule has 0 radical (unpaired) electrons. The molecule has 0 atom stereocenters. The molecule has 0 fully saturated rings. The quantitative estimate of drug-likeness (QED) is 0.768. The summed E-state index contributed by atoms with van der Waals surface area (Å²) in [4.78, 5) is 12.0. The van der Waals surface area contributed by atoms with Crippen LogP contribution in [0.25, 0.3) is 0 Å². The third-order valence-corrected chi connectivity index (χ3v) is 4.10. The van der Waals surface area contributed by atoms with Gasteiger partial charge < -0.3 is 5.32 Å². The summed E-state index contributed by atoms with van der Waals surface area (Å²) in [7, 11) is 0. The molecule has 0 saturated carbocycles. The average Bonchev–Trinajstić information content (AvgIpc) is 2.43. The Morgan fingerprint density at radius 1 is 1.30 bits per heavy atom. The van der Waals surface area contributed by atoms with E-state index in [4.69, 9.17) is 16.9 Å². The maximum atomic E-state index is 13.2. The van der Waals surface area contributed by atoms with Crippen LogP contribution in [0.5, 0.6) is 0 Å². The number of carbonyl (C=O) groups is 1. The van der Waals surface area contributed by atoms with Gasteiger partial charge in [0.15, 0.2) is 0 Å². The predicted octanol–water partition coefficient (Wildman–Crippen LogP) is 4.21. The van der Waals surface area contributed by atoms with Crippen LogP contribution in [-0.4, -0.2) is 5.91 Å². The van der Waals surface area contributed by atoms with Gasteiger partial charge in [-0.05, 0) is 59.0 Å². The molecule has 100 valence electrons. The van der Waals surface area contributed by atoms with Crippen LogP contribution in [0.4, 0.5) is 10.1 Å². The number of nitriles is 1. The fourth-order valence-corrected chi connectivity index (χ4v) is 2.05. The summed E-state index contributed by atoms with van der Waals surface area (Å²) in [5, 5.41) is 11.8. The lowest BCUT2D eigenvalue weighted by molar-refractivity contribution is 0.102. The van der Waals surface area contributed by atoms with Crippen molar-refractivity contribution in [3.8, 4) is 6.07 Å². The molecule has 0 heterocycles. The van der Waals surface area contributed by atoms with Gasteiger partial charge in [0, 0.05) is 14.8 Å². The standard InChI is InChI=1S/C14H7ClFIN2O/c15-11-6-8(1-4-13(11)17)14(20)19-10-2-3-12(16)9(5-10)7-18/h1-6H,(H,19,20). The van der Waals surface area contributed by atoms with Crippen molar-refractivity contribution < 1.29 is 9.18 Å². The number of benzene rings is 2. The van der Waals surface area contributed by atoms with E-state index < -0.39 is 5.82 Å². The van der Waals surface area contributed by atoms with Crippen LogP contribution in [0.15, 0.2) is 36.4 Å². The molecular weight excluding hydrogens is 394 g/mol. The Morgan fingerprint density at radius 2 is 2.05 bits per heavy atom. The average molecular weight is 401 g/mol. The predicted molar refractivity (Wildman–Crippen MR) is 83.2 cm³/mol. The number of amides is 1. The highest BCUT2D eigenvalue weighted by Crippen LogP contribution is 2.21. The van der Waals surface area contributed by atoms with Gasteiger partial charge in [0.05, 0.1) is 10.6 Å². The molecule has 2 aromatic carbocycles. The molecular formula is C14H7ClFIN2O. The topological polar surface area (TPSA) is 52.9 Å². The molecule has 0 aliphatic carbocycles. The number of anilines is 1. The summed E-state index contributed by atoms with van der Waals surface area (Å²) in [5.41, 5.74) is 0.615. The largest absolute Gasteiger partial charge is 0.322 e. The van der Waals surface area contributed by atoms with Crippen LogP contribution in [0, 0.1) is 20.7 Å². The summed E-state index contributed by atoms with van der Waals surface area (Å²) in [6, 6.07) is 10.4. The molecule has 6 heteroatoms. The van der Waals surface area contributed by atoms with E-state index in [0.29, 0.717) is 16.3 Å². The molecule has 0 spiro atoms. The Labute approximate surface area is 133 Å². The zero-order chi connectivity index (χ0) is 14.7. The molecule has 20 heavy (non-hydrogen) atoms. The van der Waals surface area contributed by atoms with Crippen LogP contribution in [0.3, 0.4) is 0 Å². The Hall–Kier alpha value is -1.65. The SMILES string of the molecule is N#Cc1cc(NC(=O)c2ccc(I)c(Cl)c2)ccc1F. The molecule has 0 aliphatic rings. The Bertz CT molecular complexity index is 728. The van der Waals surface area contributed by atoms with Crippen LogP contribution in [-0.2, 0) is 0 Å². The van der Waals surface area contributed by atoms with Gasteiger partial charge in [-0.1, -0.05) is 11.6 Å². The zero-order valence-corrected chi connectivity index (χ0v) is 12.9. The second kappa shape index (κ2) is 6.20. The lowest BCUT2D eigenvalue weighted by atomic mass is 10.2. The first-order valence-corrected chi connectivity index (χ1v) is 6.93. The second-order valence-corrected chi connectivity index (χ2v) is 5.46. The third-order valence-electron chi connectivity index (χ3n) is 2.53. The van der Waals surface area contributed by atoms with Crippen molar-refractivity contribution in [3.05, 3.63) is 61.9 Å². The lowest BCUT2D eigenvalue weighted by Gasteiger charge is -2.07. The van der Waals surface area contributed by atoms with E-state index in [1.807, 2.05) is 0 Å². The minimum absolute atomic E-state index is 0.122. The minimum atomic E-state index is -0.622. The fraction of sp³-hybridized carbons (Fsp3) is 0. The summed E-state index contributed by atoms with van der Waals surface area (Å²) < 4.78 is 14.0. The van der Waals surface area contributed by atoms with Crippen molar-refractivity contribution in [1.82, 2.24) is 0 Å².